The molecule has 0 bridgehead atoms. The molecule has 2 aliphatic rings. The Bertz CT molecular complexity index is 563. The summed E-state index contributed by atoms with van der Waals surface area (Å²) in [6.07, 6.45) is 4.93. The molecule has 3 rings (SSSR count). The van der Waals surface area contributed by atoms with Gasteiger partial charge in [0.2, 0.25) is 0 Å². The van der Waals surface area contributed by atoms with Gasteiger partial charge in [0.25, 0.3) is 5.56 Å². The van der Waals surface area contributed by atoms with Gasteiger partial charge >= 0.3 is 0 Å². The molecule has 0 radical (unpaired) electrons. The summed E-state index contributed by atoms with van der Waals surface area (Å²) in [5, 5.41) is 7.62. The fraction of sp³-hybridized carbons (Fsp3) is 0.733. The number of hydrogen-bond donors (Lipinski definition) is 1. The lowest BCUT2D eigenvalue weighted by Gasteiger charge is -2.34. The Kier molecular flexibility index (Phi) is 5.00. The monoisotopic (exact) mass is 326 g/mol. The first-order chi connectivity index (χ1) is 10.6. The maximum atomic E-state index is 11.8. The average Bonchev–Trinajstić information content (AvgIpc) is 3.03. The van der Waals surface area contributed by atoms with Gasteiger partial charge in [0.1, 0.15) is 5.02 Å². The molecule has 1 unspecified atom stereocenters. The fourth-order valence-electron chi connectivity index (χ4n) is 3.18. The number of anilines is 1. The van der Waals surface area contributed by atoms with Crippen molar-refractivity contribution < 1.29 is 4.74 Å². The van der Waals surface area contributed by atoms with Crippen LogP contribution in [0.15, 0.2) is 11.0 Å². The normalized spacial score (nSPS) is 23.8. The number of hydrogen-bond acceptors (Lipinski definition) is 5. The van der Waals surface area contributed by atoms with E-state index in [1.165, 1.54) is 11.1 Å². The molecule has 0 spiro atoms. The summed E-state index contributed by atoms with van der Waals surface area (Å²) in [7, 11) is 1.60. The molecule has 1 aromatic heterocycles. The van der Waals surface area contributed by atoms with Crippen molar-refractivity contribution in [1.29, 1.82) is 0 Å². The van der Waals surface area contributed by atoms with Crippen LogP contribution in [0.5, 0.6) is 0 Å². The smallest absolute Gasteiger partial charge is 0.287 e. The Morgan fingerprint density at radius 1 is 1.41 bits per heavy atom. The molecule has 2 fully saturated rings. The summed E-state index contributed by atoms with van der Waals surface area (Å²) in [6.45, 7) is 5.11. The molecule has 122 valence electrons. The van der Waals surface area contributed by atoms with Gasteiger partial charge in [0.05, 0.1) is 18.5 Å². The first-order valence-electron chi connectivity index (χ1n) is 7.92. The Balaban J connectivity index is 1.51. The molecule has 3 heterocycles. The van der Waals surface area contributed by atoms with Gasteiger partial charge in [0, 0.05) is 39.3 Å². The van der Waals surface area contributed by atoms with Gasteiger partial charge in [-0.2, -0.15) is 5.10 Å². The summed E-state index contributed by atoms with van der Waals surface area (Å²) in [5.74, 6) is 0.695. The predicted octanol–water partition coefficient (Wildman–Crippen LogP) is 1.35. The number of aryl methyl sites for hydroxylation is 1. The highest BCUT2D eigenvalue weighted by Gasteiger charge is 2.24. The number of piperidine rings is 1. The Morgan fingerprint density at radius 3 is 2.86 bits per heavy atom. The summed E-state index contributed by atoms with van der Waals surface area (Å²) < 4.78 is 6.69. The van der Waals surface area contributed by atoms with Gasteiger partial charge in [-0.1, -0.05) is 11.6 Å². The molecular weight excluding hydrogens is 304 g/mol. The molecule has 7 heteroatoms. The Labute approximate surface area is 135 Å². The third kappa shape index (κ3) is 3.62. The van der Waals surface area contributed by atoms with Crippen molar-refractivity contribution >= 4 is 17.3 Å². The number of nitrogens with one attached hydrogen (secondary N) is 1. The zero-order chi connectivity index (χ0) is 15.5. The predicted molar refractivity (Wildman–Crippen MR) is 86.5 cm³/mol. The second-order valence-electron chi connectivity index (χ2n) is 6.25. The van der Waals surface area contributed by atoms with Crippen LogP contribution in [0.3, 0.4) is 0 Å². The highest BCUT2D eigenvalue weighted by atomic mass is 35.5. The Hall–Kier alpha value is -1.11. The largest absolute Gasteiger partial charge is 0.381 e. The first-order valence-corrected chi connectivity index (χ1v) is 8.29. The van der Waals surface area contributed by atoms with Crippen molar-refractivity contribution in [2.45, 2.75) is 25.3 Å². The van der Waals surface area contributed by atoms with Crippen LogP contribution in [0.2, 0.25) is 5.02 Å². The lowest BCUT2D eigenvalue weighted by atomic mass is 10.0. The van der Waals surface area contributed by atoms with Crippen molar-refractivity contribution in [2.24, 2.45) is 13.0 Å². The number of nitrogens with zero attached hydrogens (tertiary/aromatic N) is 3. The second-order valence-corrected chi connectivity index (χ2v) is 6.63. The molecule has 0 aliphatic carbocycles. The van der Waals surface area contributed by atoms with E-state index >= 15 is 0 Å². The average molecular weight is 327 g/mol. The lowest BCUT2D eigenvalue weighted by Crippen LogP contribution is -2.41. The van der Waals surface area contributed by atoms with E-state index < -0.39 is 0 Å². The van der Waals surface area contributed by atoms with Gasteiger partial charge in [-0.25, -0.2) is 4.68 Å². The maximum absolute atomic E-state index is 11.8. The zero-order valence-corrected chi connectivity index (χ0v) is 13.7. The number of rotatable bonds is 4. The van der Waals surface area contributed by atoms with Crippen LogP contribution < -0.4 is 10.9 Å². The van der Waals surface area contributed by atoms with Crippen LogP contribution in [0.4, 0.5) is 5.69 Å². The highest BCUT2D eigenvalue weighted by Crippen LogP contribution is 2.22. The zero-order valence-electron chi connectivity index (χ0n) is 12.9. The number of aromatic nitrogens is 2. The minimum Gasteiger partial charge on any atom is -0.381 e. The van der Waals surface area contributed by atoms with Crippen molar-refractivity contribution in [3.8, 4) is 0 Å². The van der Waals surface area contributed by atoms with Crippen LogP contribution in [0.25, 0.3) is 0 Å². The molecule has 6 nitrogen and oxygen atoms in total. The van der Waals surface area contributed by atoms with Crippen LogP contribution in [-0.2, 0) is 11.8 Å². The van der Waals surface area contributed by atoms with E-state index in [4.69, 9.17) is 16.3 Å². The van der Waals surface area contributed by atoms with E-state index in [1.807, 2.05) is 0 Å². The standard InChI is InChI=1S/C15H23ClN4O2/c1-19-15(21)14(16)13(8-17-19)18-12-2-5-20(6-3-12)9-11-4-7-22-10-11/h8,11-12,18H,2-7,9-10H2,1H3. The van der Waals surface area contributed by atoms with Crippen molar-refractivity contribution in [3.05, 3.63) is 21.6 Å². The molecule has 1 aromatic rings. The van der Waals surface area contributed by atoms with Crippen molar-refractivity contribution in [2.75, 3.05) is 38.2 Å². The van der Waals surface area contributed by atoms with Crippen molar-refractivity contribution in [1.82, 2.24) is 14.7 Å². The summed E-state index contributed by atoms with van der Waals surface area (Å²) in [6, 6.07) is 0.350. The number of ether oxygens (including phenoxy) is 1. The third-order valence-corrected chi connectivity index (χ3v) is 4.93. The molecule has 0 aromatic carbocycles. The fourth-order valence-corrected chi connectivity index (χ4v) is 3.41. The highest BCUT2D eigenvalue weighted by molar-refractivity contribution is 6.32. The molecule has 22 heavy (non-hydrogen) atoms. The molecule has 1 atom stereocenters. The van der Waals surface area contributed by atoms with Crippen LogP contribution in [0.1, 0.15) is 19.3 Å². The Morgan fingerprint density at radius 2 is 2.18 bits per heavy atom. The van der Waals surface area contributed by atoms with E-state index in [0.29, 0.717) is 17.6 Å². The third-order valence-electron chi connectivity index (χ3n) is 4.57. The minimum atomic E-state index is -0.259. The van der Waals surface area contributed by atoms with Gasteiger partial charge < -0.3 is 15.0 Å². The second kappa shape index (κ2) is 6.98. The number of likely N-dealkylation sites (tertiary alicyclic amines) is 1. The quantitative estimate of drug-likeness (QED) is 0.905. The first kappa shape index (κ1) is 15.8. The molecule has 2 saturated heterocycles. The molecular formula is C15H23ClN4O2. The van der Waals surface area contributed by atoms with E-state index in [2.05, 4.69) is 15.3 Å². The lowest BCUT2D eigenvalue weighted by molar-refractivity contribution is 0.154. The van der Waals surface area contributed by atoms with E-state index in [-0.39, 0.29) is 10.6 Å². The number of halogens is 1. The van der Waals surface area contributed by atoms with Gasteiger partial charge in [-0.3, -0.25) is 4.79 Å². The minimum absolute atomic E-state index is 0.225. The summed E-state index contributed by atoms with van der Waals surface area (Å²) in [5.41, 5.74) is 0.387. The van der Waals surface area contributed by atoms with E-state index in [0.717, 1.165) is 45.7 Å². The van der Waals surface area contributed by atoms with Gasteiger partial charge in [-0.15, -0.1) is 0 Å². The maximum Gasteiger partial charge on any atom is 0.287 e. The SMILES string of the molecule is Cn1ncc(NC2CCN(CC3CCOC3)CC2)c(Cl)c1=O. The summed E-state index contributed by atoms with van der Waals surface area (Å²) >= 11 is 6.10. The van der Waals surface area contributed by atoms with Crippen LogP contribution >= 0.6 is 11.6 Å². The molecule has 0 saturated carbocycles. The topological polar surface area (TPSA) is 59.4 Å². The van der Waals surface area contributed by atoms with Gasteiger partial charge in [-0.05, 0) is 25.2 Å². The van der Waals surface area contributed by atoms with Crippen molar-refractivity contribution in [3.63, 3.8) is 0 Å². The summed E-state index contributed by atoms with van der Waals surface area (Å²) in [4.78, 5) is 14.3. The molecule has 1 N–H and O–H groups in total. The van der Waals surface area contributed by atoms with Crippen LogP contribution in [-0.4, -0.2) is 53.6 Å². The molecule has 2 aliphatic heterocycles. The molecule has 0 amide bonds. The van der Waals surface area contributed by atoms with E-state index in [9.17, 15) is 4.79 Å². The van der Waals surface area contributed by atoms with E-state index in [1.54, 1.807) is 13.2 Å². The van der Waals surface area contributed by atoms with Gasteiger partial charge in [0.15, 0.2) is 0 Å². The van der Waals surface area contributed by atoms with Crippen LogP contribution in [0, 0.1) is 5.92 Å².